The van der Waals surface area contributed by atoms with Gasteiger partial charge in [0.1, 0.15) is 5.92 Å². The van der Waals surface area contributed by atoms with Crippen molar-refractivity contribution in [2.45, 2.75) is 57.3 Å². The zero-order valence-electron chi connectivity index (χ0n) is 23.5. The van der Waals surface area contributed by atoms with E-state index < -0.39 is 29.2 Å². The van der Waals surface area contributed by atoms with Crippen molar-refractivity contribution in [3.8, 4) is 6.07 Å². The maximum atomic E-state index is 12.7. The predicted octanol–water partition coefficient (Wildman–Crippen LogP) is 4.97. The molecular weight excluding hydrogens is 520 g/mol. The largest absolute Gasteiger partial charge is 0.481 e. The van der Waals surface area contributed by atoms with Crippen LogP contribution < -0.4 is 5.32 Å². The zero-order chi connectivity index (χ0) is 29.6. The number of benzene rings is 2. The Kier molecular flexibility index (Phi) is 9.35. The molecule has 0 saturated carbocycles. The lowest BCUT2D eigenvalue weighted by Gasteiger charge is -2.37. The van der Waals surface area contributed by atoms with E-state index in [0.29, 0.717) is 29.8 Å². The molecule has 0 aliphatic carbocycles. The number of piperidine rings is 1. The fraction of sp³-hybridized carbons (Fsp3) is 0.406. The van der Waals surface area contributed by atoms with Crippen molar-refractivity contribution >= 4 is 29.2 Å². The normalized spacial score (nSPS) is 20.6. The van der Waals surface area contributed by atoms with E-state index in [1.807, 2.05) is 30.3 Å². The molecule has 0 spiro atoms. The third-order valence-corrected chi connectivity index (χ3v) is 8.23. The van der Waals surface area contributed by atoms with Crippen LogP contribution in [0.1, 0.15) is 63.0 Å². The van der Waals surface area contributed by atoms with Crippen LogP contribution in [0.25, 0.3) is 0 Å². The number of likely N-dealkylation sites (tertiary alicyclic amines) is 1. The highest BCUT2D eigenvalue weighted by Gasteiger charge is 2.41. The Morgan fingerprint density at radius 1 is 1.05 bits per heavy atom. The SMILES string of the molecule is CC1=NC(C)=C(C(=O)O)C(c2cccc(NC(=O)CCCCN3CCC(C#N)(c4ccccc4)CC3)c2)C1C(=O)O. The van der Waals surface area contributed by atoms with Crippen LogP contribution in [0.2, 0.25) is 0 Å². The first kappa shape index (κ1) is 29.7. The second-order valence-electron chi connectivity index (χ2n) is 10.9. The smallest absolute Gasteiger partial charge is 0.334 e. The fourth-order valence-electron chi connectivity index (χ4n) is 6.03. The summed E-state index contributed by atoms with van der Waals surface area (Å²) < 4.78 is 0. The highest BCUT2D eigenvalue weighted by Crippen LogP contribution is 2.40. The van der Waals surface area contributed by atoms with Gasteiger partial charge in [-0.1, -0.05) is 42.5 Å². The number of carbonyl (C=O) groups excluding carboxylic acids is 1. The van der Waals surface area contributed by atoms with Crippen molar-refractivity contribution < 1.29 is 24.6 Å². The number of carbonyl (C=O) groups is 3. The number of carboxylic acid groups (broad SMARTS) is 2. The number of hydrogen-bond donors (Lipinski definition) is 3. The van der Waals surface area contributed by atoms with Crippen LogP contribution in [0.5, 0.6) is 0 Å². The number of nitrogens with one attached hydrogen (secondary N) is 1. The Hall–Kier alpha value is -4.29. The Morgan fingerprint density at radius 2 is 1.76 bits per heavy atom. The lowest BCUT2D eigenvalue weighted by Crippen LogP contribution is -2.42. The molecular formula is C32H36N4O5. The summed E-state index contributed by atoms with van der Waals surface area (Å²) in [6, 6.07) is 19.3. The van der Waals surface area contributed by atoms with Crippen LogP contribution >= 0.6 is 0 Å². The highest BCUT2D eigenvalue weighted by atomic mass is 16.4. The summed E-state index contributed by atoms with van der Waals surface area (Å²) in [5, 5.41) is 32.5. The minimum atomic E-state index is -1.21. The number of aliphatic carboxylic acids is 2. The molecule has 41 heavy (non-hydrogen) atoms. The Bertz CT molecular complexity index is 1400. The maximum absolute atomic E-state index is 12.7. The summed E-state index contributed by atoms with van der Waals surface area (Å²) in [7, 11) is 0. The number of aliphatic imine (C=N–C) groups is 1. The number of nitriles is 1. The van der Waals surface area contributed by atoms with Gasteiger partial charge in [-0.3, -0.25) is 14.6 Å². The van der Waals surface area contributed by atoms with Gasteiger partial charge >= 0.3 is 11.9 Å². The Labute approximate surface area is 240 Å². The molecule has 0 bridgehead atoms. The number of unbranched alkanes of at least 4 members (excludes halogenated alkanes) is 1. The minimum absolute atomic E-state index is 0.0556. The Balaban J connectivity index is 1.30. The monoisotopic (exact) mass is 556 g/mol. The van der Waals surface area contributed by atoms with Gasteiger partial charge in [-0.2, -0.15) is 5.26 Å². The molecule has 1 amide bonds. The minimum Gasteiger partial charge on any atom is -0.481 e. The first-order valence-electron chi connectivity index (χ1n) is 14.0. The summed E-state index contributed by atoms with van der Waals surface area (Å²) in [6.45, 7) is 5.71. The second-order valence-corrected chi connectivity index (χ2v) is 10.9. The van der Waals surface area contributed by atoms with Crippen LogP contribution in [0.4, 0.5) is 5.69 Å². The third-order valence-electron chi connectivity index (χ3n) is 8.23. The average Bonchev–Trinajstić information content (AvgIpc) is 2.95. The maximum Gasteiger partial charge on any atom is 0.334 e. The van der Waals surface area contributed by atoms with Gasteiger partial charge in [0.25, 0.3) is 0 Å². The van der Waals surface area contributed by atoms with Gasteiger partial charge in [0.15, 0.2) is 0 Å². The number of nitrogens with zero attached hydrogens (tertiary/aromatic N) is 3. The van der Waals surface area contributed by atoms with Gasteiger partial charge < -0.3 is 20.4 Å². The first-order valence-corrected chi connectivity index (χ1v) is 14.0. The van der Waals surface area contributed by atoms with Crippen LogP contribution in [0.3, 0.4) is 0 Å². The number of allylic oxidation sites excluding steroid dienone is 1. The van der Waals surface area contributed by atoms with E-state index in [1.54, 1.807) is 38.1 Å². The molecule has 9 heteroatoms. The van der Waals surface area contributed by atoms with E-state index in [2.05, 4.69) is 21.3 Å². The fourth-order valence-corrected chi connectivity index (χ4v) is 6.03. The first-order chi connectivity index (χ1) is 19.6. The molecule has 2 aliphatic heterocycles. The van der Waals surface area contributed by atoms with Crippen LogP contribution in [0.15, 0.2) is 70.9 Å². The van der Waals surface area contributed by atoms with E-state index in [-0.39, 0.29) is 17.2 Å². The summed E-state index contributed by atoms with van der Waals surface area (Å²) in [6.07, 6.45) is 3.46. The third kappa shape index (κ3) is 6.72. The molecule has 214 valence electrons. The van der Waals surface area contributed by atoms with Gasteiger partial charge in [-0.25, -0.2) is 4.79 Å². The van der Waals surface area contributed by atoms with Gasteiger partial charge in [-0.15, -0.1) is 0 Å². The number of anilines is 1. The van der Waals surface area contributed by atoms with Gasteiger partial charge in [-0.05, 0) is 82.4 Å². The van der Waals surface area contributed by atoms with Crippen molar-refractivity contribution in [2.24, 2.45) is 10.9 Å². The predicted molar refractivity (Wildman–Crippen MR) is 156 cm³/mol. The molecule has 3 N–H and O–H groups in total. The molecule has 2 unspecified atom stereocenters. The molecule has 2 heterocycles. The lowest BCUT2D eigenvalue weighted by molar-refractivity contribution is -0.140. The zero-order valence-corrected chi connectivity index (χ0v) is 23.5. The van der Waals surface area contributed by atoms with E-state index in [0.717, 1.165) is 44.5 Å². The Morgan fingerprint density at radius 3 is 2.39 bits per heavy atom. The highest BCUT2D eigenvalue weighted by molar-refractivity contribution is 6.06. The molecule has 1 saturated heterocycles. The number of hydrogen-bond acceptors (Lipinski definition) is 6. The van der Waals surface area contributed by atoms with Crippen LogP contribution in [-0.2, 0) is 19.8 Å². The van der Waals surface area contributed by atoms with E-state index in [4.69, 9.17) is 0 Å². The number of amides is 1. The molecule has 2 aliphatic rings. The van der Waals surface area contributed by atoms with Crippen molar-refractivity contribution in [1.82, 2.24) is 4.90 Å². The van der Waals surface area contributed by atoms with Gasteiger partial charge in [0.05, 0.1) is 17.1 Å². The van der Waals surface area contributed by atoms with E-state index >= 15 is 0 Å². The van der Waals surface area contributed by atoms with E-state index in [9.17, 15) is 29.9 Å². The van der Waals surface area contributed by atoms with Crippen molar-refractivity contribution in [3.05, 3.63) is 77.0 Å². The van der Waals surface area contributed by atoms with E-state index in [1.165, 1.54) is 0 Å². The molecule has 2 aromatic carbocycles. The topological polar surface area (TPSA) is 143 Å². The average molecular weight is 557 g/mol. The van der Waals surface area contributed by atoms with Crippen LogP contribution in [0, 0.1) is 17.2 Å². The standard InChI is InChI=1S/C32H36N4O5/c1-21-27(30(38)39)29(28(31(40)41)22(2)34-21)23-9-8-12-25(19-23)35-26(37)13-6-7-16-36-17-14-32(20-33,15-18-36)24-10-4-3-5-11-24/h3-5,8-12,19,27,29H,6-7,13-18H2,1-2H3,(H,35,37)(H,38,39)(H,40,41). The van der Waals surface area contributed by atoms with Crippen molar-refractivity contribution in [3.63, 3.8) is 0 Å². The summed E-state index contributed by atoms with van der Waals surface area (Å²) in [4.78, 5) is 43.4. The molecule has 2 aromatic rings. The molecule has 4 rings (SSSR count). The second kappa shape index (κ2) is 12.9. The summed E-state index contributed by atoms with van der Waals surface area (Å²) in [5.74, 6) is -4.56. The number of carboxylic acids is 2. The molecule has 9 nitrogen and oxygen atoms in total. The van der Waals surface area contributed by atoms with Crippen molar-refractivity contribution in [2.75, 3.05) is 25.0 Å². The van der Waals surface area contributed by atoms with Gasteiger partial charge in [0.2, 0.25) is 5.91 Å². The molecule has 2 atom stereocenters. The lowest BCUT2D eigenvalue weighted by atomic mass is 9.74. The van der Waals surface area contributed by atoms with Crippen molar-refractivity contribution in [1.29, 1.82) is 5.26 Å². The summed E-state index contributed by atoms with van der Waals surface area (Å²) in [5.41, 5.74) is 2.20. The summed E-state index contributed by atoms with van der Waals surface area (Å²) >= 11 is 0. The van der Waals surface area contributed by atoms with Crippen LogP contribution in [-0.4, -0.2) is 58.3 Å². The number of rotatable bonds is 10. The molecule has 0 radical (unpaired) electrons. The quantitative estimate of drug-likeness (QED) is 0.351. The van der Waals surface area contributed by atoms with Gasteiger partial charge in [0, 0.05) is 29.4 Å². The molecule has 1 fully saturated rings. The molecule has 0 aromatic heterocycles.